The first-order valence-corrected chi connectivity index (χ1v) is 16.8. The second-order valence-corrected chi connectivity index (χ2v) is 11.7. The van der Waals surface area contributed by atoms with E-state index < -0.39 is 0 Å². The summed E-state index contributed by atoms with van der Waals surface area (Å²) in [4.78, 5) is 17.0. The van der Waals surface area contributed by atoms with E-state index in [1.54, 1.807) is 19.2 Å². The van der Waals surface area contributed by atoms with Gasteiger partial charge in [-0.15, -0.1) is 0 Å². The van der Waals surface area contributed by atoms with Crippen molar-refractivity contribution in [1.82, 2.24) is 0 Å². The molecule has 0 fully saturated rings. The topological polar surface area (TPSA) is 57.1 Å². The van der Waals surface area contributed by atoms with Crippen LogP contribution in [-0.2, 0) is 11.3 Å². The van der Waals surface area contributed by atoms with E-state index >= 15 is 0 Å². The number of esters is 1. The Balaban J connectivity index is 1.28. The first-order chi connectivity index (χ1) is 21.6. The molecule has 0 aromatic heterocycles. The molecule has 0 heterocycles. The van der Waals surface area contributed by atoms with Crippen LogP contribution in [0.15, 0.2) is 71.7 Å². The van der Waals surface area contributed by atoms with Crippen molar-refractivity contribution in [2.45, 2.75) is 110 Å². The lowest BCUT2D eigenvalue weighted by Gasteiger charge is -2.12. The predicted octanol–water partition coefficient (Wildman–Crippen LogP) is 11.0. The number of carbonyl (C=O) groups excluding carboxylic acids is 1. The van der Waals surface area contributed by atoms with Crippen LogP contribution in [0.5, 0.6) is 11.5 Å². The third-order valence-corrected chi connectivity index (χ3v) is 7.90. The minimum atomic E-state index is -0.267. The Morgan fingerprint density at radius 1 is 0.705 bits per heavy atom. The van der Waals surface area contributed by atoms with Gasteiger partial charge in [0.2, 0.25) is 0 Å². The highest BCUT2D eigenvalue weighted by atomic mass is 16.5. The summed E-state index contributed by atoms with van der Waals surface area (Å²) in [6, 6.07) is 21.2. The Hall–Kier alpha value is -3.60. The molecule has 0 amide bonds. The lowest BCUT2D eigenvalue weighted by molar-refractivity contribution is 0.0497. The zero-order chi connectivity index (χ0) is 31.2. The molecule has 3 rings (SSSR count). The highest BCUT2D eigenvalue weighted by Crippen LogP contribution is 2.29. The maximum atomic E-state index is 12.5. The molecule has 0 aliphatic rings. The molecule has 238 valence electrons. The number of aryl methyl sites for hydroxylation is 1. The van der Waals surface area contributed by atoms with Gasteiger partial charge < -0.3 is 14.2 Å². The Labute approximate surface area is 266 Å². The number of unbranched alkanes of at least 4 members (excludes halogenated alkanes) is 13. The molecule has 0 N–H and O–H groups in total. The fraction of sp³-hybridized carbons (Fsp3) is 0.487. The van der Waals surface area contributed by atoms with Crippen molar-refractivity contribution in [3.63, 3.8) is 0 Å². The smallest absolute Gasteiger partial charge is 0.338 e. The molecule has 0 atom stereocenters. The van der Waals surface area contributed by atoms with Crippen molar-refractivity contribution >= 4 is 17.9 Å². The van der Waals surface area contributed by atoms with Crippen LogP contribution >= 0.6 is 0 Å². The highest BCUT2D eigenvalue weighted by Gasteiger charge is 2.09. The van der Waals surface area contributed by atoms with Crippen molar-refractivity contribution < 1.29 is 19.0 Å². The number of hydrogen-bond acceptors (Lipinski definition) is 5. The van der Waals surface area contributed by atoms with Gasteiger partial charge in [0, 0.05) is 6.21 Å². The predicted molar refractivity (Wildman–Crippen MR) is 183 cm³/mol. The summed E-state index contributed by atoms with van der Waals surface area (Å²) in [7, 11) is 1.63. The number of rotatable bonds is 22. The Kier molecular flexibility index (Phi) is 16.8. The van der Waals surface area contributed by atoms with E-state index in [1.807, 2.05) is 60.8 Å². The average Bonchev–Trinajstić information content (AvgIpc) is 3.05. The molecule has 0 aliphatic carbocycles. The van der Waals surface area contributed by atoms with Gasteiger partial charge in [-0.05, 0) is 66.9 Å². The van der Waals surface area contributed by atoms with Crippen LogP contribution in [0.25, 0.3) is 0 Å². The van der Waals surface area contributed by atoms with Crippen LogP contribution in [-0.4, -0.2) is 25.9 Å². The molecule has 0 saturated heterocycles. The van der Waals surface area contributed by atoms with E-state index in [1.165, 1.54) is 82.6 Å². The molecule has 3 aromatic rings. The van der Waals surface area contributed by atoms with E-state index in [9.17, 15) is 4.79 Å². The zero-order valence-electron chi connectivity index (χ0n) is 27.3. The standard InChI is InChI=1S/C39H53NO4/c1-4-5-6-7-8-9-10-11-12-13-14-15-16-17-28-43-39(41)35-23-20-33(21-24-35)31-44-37-27-22-34(29-38(37)42-3)30-40-36-25-18-32(2)19-26-36/h18-27,29-30H,4-17,28,31H2,1-3H3. The van der Waals surface area contributed by atoms with Crippen LogP contribution in [0.2, 0.25) is 0 Å². The van der Waals surface area contributed by atoms with Crippen molar-refractivity contribution in [2.24, 2.45) is 4.99 Å². The minimum absolute atomic E-state index is 0.267. The second-order valence-electron chi connectivity index (χ2n) is 11.7. The lowest BCUT2D eigenvalue weighted by Crippen LogP contribution is -2.07. The maximum absolute atomic E-state index is 12.5. The lowest BCUT2D eigenvalue weighted by atomic mass is 10.0. The molecule has 0 bridgehead atoms. The summed E-state index contributed by atoms with van der Waals surface area (Å²) >= 11 is 0. The first-order valence-electron chi connectivity index (χ1n) is 16.8. The van der Waals surface area contributed by atoms with E-state index in [4.69, 9.17) is 14.2 Å². The maximum Gasteiger partial charge on any atom is 0.338 e. The summed E-state index contributed by atoms with van der Waals surface area (Å²) in [6.45, 7) is 5.17. The number of nitrogens with zero attached hydrogens (tertiary/aromatic N) is 1. The van der Waals surface area contributed by atoms with E-state index in [-0.39, 0.29) is 5.97 Å². The summed E-state index contributed by atoms with van der Waals surface area (Å²) in [5, 5.41) is 0. The molecule has 5 heteroatoms. The van der Waals surface area contributed by atoms with Gasteiger partial charge in [-0.25, -0.2) is 4.79 Å². The molecule has 5 nitrogen and oxygen atoms in total. The van der Waals surface area contributed by atoms with Crippen LogP contribution in [0, 0.1) is 6.92 Å². The highest BCUT2D eigenvalue weighted by molar-refractivity contribution is 5.89. The quantitative estimate of drug-likeness (QED) is 0.0655. The van der Waals surface area contributed by atoms with Gasteiger partial charge >= 0.3 is 5.97 Å². The molecule has 0 radical (unpaired) electrons. The largest absolute Gasteiger partial charge is 0.493 e. The summed E-state index contributed by atoms with van der Waals surface area (Å²) in [5.74, 6) is 1.02. The van der Waals surface area contributed by atoms with Gasteiger partial charge in [-0.1, -0.05) is 120 Å². The van der Waals surface area contributed by atoms with Gasteiger partial charge in [0.05, 0.1) is 25.0 Å². The van der Waals surface area contributed by atoms with Crippen molar-refractivity contribution in [2.75, 3.05) is 13.7 Å². The molecular weight excluding hydrogens is 546 g/mol. The third-order valence-electron chi connectivity index (χ3n) is 7.90. The van der Waals surface area contributed by atoms with Crippen molar-refractivity contribution in [1.29, 1.82) is 0 Å². The van der Waals surface area contributed by atoms with E-state index in [0.717, 1.165) is 29.7 Å². The number of ether oxygens (including phenoxy) is 3. The van der Waals surface area contributed by atoms with Crippen LogP contribution in [0.3, 0.4) is 0 Å². The van der Waals surface area contributed by atoms with Crippen LogP contribution < -0.4 is 9.47 Å². The Bertz CT molecular complexity index is 1230. The zero-order valence-corrected chi connectivity index (χ0v) is 27.3. The van der Waals surface area contributed by atoms with Gasteiger partial charge in [0.1, 0.15) is 6.61 Å². The minimum Gasteiger partial charge on any atom is -0.493 e. The fourth-order valence-corrected chi connectivity index (χ4v) is 5.11. The average molecular weight is 600 g/mol. The molecule has 44 heavy (non-hydrogen) atoms. The van der Waals surface area contributed by atoms with Gasteiger partial charge in [-0.3, -0.25) is 4.99 Å². The third kappa shape index (κ3) is 13.8. The normalized spacial score (nSPS) is 11.2. The fourth-order valence-electron chi connectivity index (χ4n) is 5.11. The molecule has 0 spiro atoms. The number of aliphatic imine (C=N–C) groups is 1. The molecule has 3 aromatic carbocycles. The molecular formula is C39H53NO4. The van der Waals surface area contributed by atoms with Gasteiger partial charge in [-0.2, -0.15) is 0 Å². The van der Waals surface area contributed by atoms with E-state index in [0.29, 0.717) is 30.3 Å². The SMILES string of the molecule is CCCCCCCCCCCCCCCCOC(=O)c1ccc(COc2ccc(C=Nc3ccc(C)cc3)cc2OC)cc1. The number of benzene rings is 3. The van der Waals surface area contributed by atoms with Gasteiger partial charge in [0.25, 0.3) is 0 Å². The van der Waals surface area contributed by atoms with Crippen molar-refractivity contribution in [3.8, 4) is 11.5 Å². The molecule has 0 unspecified atom stereocenters. The number of carbonyl (C=O) groups is 1. The van der Waals surface area contributed by atoms with Crippen LogP contribution in [0.1, 0.15) is 124 Å². The summed E-state index contributed by atoms with van der Waals surface area (Å²) < 4.78 is 17.1. The second kappa shape index (κ2) is 21.2. The number of methoxy groups -OCH3 is 1. The van der Waals surface area contributed by atoms with Crippen molar-refractivity contribution in [3.05, 3.63) is 89.0 Å². The summed E-state index contributed by atoms with van der Waals surface area (Å²) in [5.41, 5.74) is 4.55. The first kappa shape index (κ1) is 34.9. The Morgan fingerprint density at radius 3 is 1.89 bits per heavy atom. The Morgan fingerprint density at radius 2 is 1.30 bits per heavy atom. The van der Waals surface area contributed by atoms with Crippen LogP contribution in [0.4, 0.5) is 5.69 Å². The summed E-state index contributed by atoms with van der Waals surface area (Å²) in [6.07, 6.45) is 20.2. The molecule has 0 saturated carbocycles. The number of hydrogen-bond donors (Lipinski definition) is 0. The van der Waals surface area contributed by atoms with Gasteiger partial charge in [0.15, 0.2) is 11.5 Å². The molecule has 0 aliphatic heterocycles. The monoisotopic (exact) mass is 599 g/mol. The van der Waals surface area contributed by atoms with E-state index in [2.05, 4.69) is 18.8 Å².